The minimum absolute atomic E-state index is 0.0683. The summed E-state index contributed by atoms with van der Waals surface area (Å²) >= 11 is 5.96. The van der Waals surface area contributed by atoms with Gasteiger partial charge in [0, 0.05) is 5.41 Å². The summed E-state index contributed by atoms with van der Waals surface area (Å²) in [6.45, 7) is 10.5. The Kier molecular flexibility index (Phi) is 3.92. The van der Waals surface area contributed by atoms with E-state index in [1.807, 2.05) is 0 Å². The van der Waals surface area contributed by atoms with E-state index >= 15 is 0 Å². The molecule has 10 heavy (non-hydrogen) atoms. The van der Waals surface area contributed by atoms with Crippen LogP contribution in [0, 0.1) is 5.41 Å². The second-order valence-electron chi connectivity index (χ2n) is 3.87. The molecule has 0 aliphatic carbocycles. The summed E-state index contributed by atoms with van der Waals surface area (Å²) in [5.41, 5.74) is -0.0575. The van der Waals surface area contributed by atoms with Gasteiger partial charge in [-0.2, -0.15) is 0 Å². The summed E-state index contributed by atoms with van der Waals surface area (Å²) in [6.07, 6.45) is 0. The number of hydrogen-bond acceptors (Lipinski definition) is 1. The van der Waals surface area contributed by atoms with Crippen molar-refractivity contribution in [2.24, 2.45) is 5.41 Å². The first kappa shape index (κ1) is 10.5. The monoisotopic (exact) mass is 180 g/mol. The summed E-state index contributed by atoms with van der Waals surface area (Å²) in [4.78, 5) is 0. The molecule has 1 nitrogen and oxygen atoms in total. The highest BCUT2D eigenvalue weighted by Gasteiger charge is 2.23. The molecule has 1 unspecified atom stereocenters. The number of hydrogen-bond donors (Lipinski definition) is 0. The fraction of sp³-hybridized carbons (Fsp3) is 1.00. The van der Waals surface area contributed by atoms with Crippen molar-refractivity contribution in [3.63, 3.8) is 0 Å². The lowest BCUT2D eigenvalue weighted by molar-refractivity contribution is 0.159. The van der Waals surface area contributed by atoms with Gasteiger partial charge >= 0.3 is 0 Å². The van der Waals surface area contributed by atoms with E-state index in [9.17, 15) is 0 Å². The maximum absolute atomic E-state index is 5.96. The van der Waals surface area contributed by atoms with Gasteiger partial charge in [-0.1, -0.05) is 32.4 Å². The Morgan fingerprint density at radius 2 is 1.70 bits per heavy atom. The number of halogens is 1. The van der Waals surface area contributed by atoms with Crippen molar-refractivity contribution in [3.05, 3.63) is 0 Å². The molecule has 0 saturated carbocycles. The van der Waals surface area contributed by atoms with E-state index in [2.05, 4.69) is 33.9 Å². The molecule has 0 saturated heterocycles. The standard InChI is InChI=1S/C7H17ClOSi/c1-7(2,3)6(8)9-10(4)5/h6,10H,1-5H3. The van der Waals surface area contributed by atoms with E-state index in [1.165, 1.54) is 0 Å². The van der Waals surface area contributed by atoms with Gasteiger partial charge in [0.1, 0.15) is 5.56 Å². The van der Waals surface area contributed by atoms with Crippen molar-refractivity contribution < 1.29 is 4.43 Å². The van der Waals surface area contributed by atoms with E-state index in [0.29, 0.717) is 0 Å². The summed E-state index contributed by atoms with van der Waals surface area (Å²) in [7, 11) is -0.960. The quantitative estimate of drug-likeness (QED) is 0.469. The van der Waals surface area contributed by atoms with Crippen LogP contribution in [-0.2, 0) is 4.43 Å². The third kappa shape index (κ3) is 4.31. The Morgan fingerprint density at radius 1 is 1.30 bits per heavy atom. The van der Waals surface area contributed by atoms with Crippen molar-refractivity contribution in [2.75, 3.05) is 0 Å². The van der Waals surface area contributed by atoms with Gasteiger partial charge in [0.25, 0.3) is 0 Å². The molecule has 0 aliphatic heterocycles. The highest BCUT2D eigenvalue weighted by Crippen LogP contribution is 2.25. The molecular formula is C7H17ClOSi. The molecule has 62 valence electrons. The predicted molar refractivity (Wildman–Crippen MR) is 49.1 cm³/mol. The summed E-state index contributed by atoms with van der Waals surface area (Å²) in [5, 5.41) is 0. The SMILES string of the molecule is C[SiH](C)OC(Cl)C(C)(C)C. The summed E-state index contributed by atoms with van der Waals surface area (Å²) < 4.78 is 5.52. The van der Waals surface area contributed by atoms with Crippen LogP contribution in [0.3, 0.4) is 0 Å². The van der Waals surface area contributed by atoms with Crippen LogP contribution in [0.25, 0.3) is 0 Å². The lowest BCUT2D eigenvalue weighted by Gasteiger charge is -2.26. The van der Waals surface area contributed by atoms with Crippen molar-refractivity contribution in [3.8, 4) is 0 Å². The highest BCUT2D eigenvalue weighted by atomic mass is 35.5. The van der Waals surface area contributed by atoms with Crippen molar-refractivity contribution >= 4 is 20.6 Å². The lowest BCUT2D eigenvalue weighted by atomic mass is 9.98. The molecule has 0 aliphatic rings. The highest BCUT2D eigenvalue weighted by molar-refractivity contribution is 6.49. The van der Waals surface area contributed by atoms with Crippen LogP contribution >= 0.6 is 11.6 Å². The Bertz CT molecular complexity index is 98.3. The summed E-state index contributed by atoms with van der Waals surface area (Å²) in [5.74, 6) is 0. The van der Waals surface area contributed by atoms with Gasteiger partial charge in [-0.15, -0.1) is 0 Å². The van der Waals surface area contributed by atoms with Crippen LogP contribution < -0.4 is 0 Å². The molecule has 0 radical (unpaired) electrons. The van der Waals surface area contributed by atoms with Crippen LogP contribution in [0.2, 0.25) is 13.1 Å². The Hall–Kier alpha value is 0.467. The lowest BCUT2D eigenvalue weighted by Crippen LogP contribution is -2.28. The average Bonchev–Trinajstić information content (AvgIpc) is 1.60. The zero-order valence-corrected chi connectivity index (χ0v) is 9.35. The van der Waals surface area contributed by atoms with E-state index in [-0.39, 0.29) is 11.0 Å². The molecule has 0 aromatic carbocycles. The molecule has 0 N–H and O–H groups in total. The molecule has 0 bridgehead atoms. The van der Waals surface area contributed by atoms with Crippen LogP contribution in [0.1, 0.15) is 20.8 Å². The molecule has 0 aromatic rings. The van der Waals surface area contributed by atoms with Crippen LogP contribution in [0.4, 0.5) is 0 Å². The van der Waals surface area contributed by atoms with Crippen molar-refractivity contribution in [1.29, 1.82) is 0 Å². The first-order valence-electron chi connectivity index (χ1n) is 3.63. The molecular weight excluding hydrogens is 164 g/mol. The fourth-order valence-corrected chi connectivity index (χ4v) is 1.95. The largest absolute Gasteiger partial charge is 0.404 e. The zero-order chi connectivity index (χ0) is 8.36. The van der Waals surface area contributed by atoms with Gasteiger partial charge < -0.3 is 4.43 Å². The molecule has 0 amide bonds. The normalized spacial score (nSPS) is 15.9. The molecule has 0 fully saturated rings. The van der Waals surface area contributed by atoms with Crippen molar-refractivity contribution in [2.45, 2.75) is 39.4 Å². The minimum atomic E-state index is -0.960. The Balaban J connectivity index is 3.73. The maximum Gasteiger partial charge on any atom is 0.172 e. The van der Waals surface area contributed by atoms with E-state index in [0.717, 1.165) is 0 Å². The van der Waals surface area contributed by atoms with Gasteiger partial charge in [0.15, 0.2) is 9.04 Å². The average molecular weight is 181 g/mol. The Morgan fingerprint density at radius 3 is 1.80 bits per heavy atom. The Labute approximate surface area is 70.4 Å². The molecule has 1 atom stereocenters. The van der Waals surface area contributed by atoms with E-state index < -0.39 is 9.04 Å². The van der Waals surface area contributed by atoms with Crippen LogP contribution in [0.15, 0.2) is 0 Å². The molecule has 3 heteroatoms. The number of alkyl halides is 1. The van der Waals surface area contributed by atoms with E-state index in [1.54, 1.807) is 0 Å². The summed E-state index contributed by atoms with van der Waals surface area (Å²) in [6, 6.07) is 0. The molecule has 0 spiro atoms. The van der Waals surface area contributed by atoms with Crippen molar-refractivity contribution in [1.82, 2.24) is 0 Å². The molecule has 0 aromatic heterocycles. The fourth-order valence-electron chi connectivity index (χ4n) is 0.443. The number of rotatable bonds is 2. The topological polar surface area (TPSA) is 9.23 Å². The van der Waals surface area contributed by atoms with Gasteiger partial charge in [-0.25, -0.2) is 0 Å². The second kappa shape index (κ2) is 3.74. The maximum atomic E-state index is 5.96. The van der Waals surface area contributed by atoms with Gasteiger partial charge in [-0.3, -0.25) is 0 Å². The van der Waals surface area contributed by atoms with Gasteiger partial charge in [-0.05, 0) is 13.1 Å². The van der Waals surface area contributed by atoms with Crippen LogP contribution in [-0.4, -0.2) is 14.6 Å². The van der Waals surface area contributed by atoms with E-state index in [4.69, 9.17) is 16.0 Å². The second-order valence-corrected chi connectivity index (χ2v) is 6.63. The van der Waals surface area contributed by atoms with Crippen LogP contribution in [0.5, 0.6) is 0 Å². The third-order valence-corrected chi connectivity index (χ3v) is 2.82. The minimum Gasteiger partial charge on any atom is -0.404 e. The first-order chi connectivity index (χ1) is 4.34. The smallest absolute Gasteiger partial charge is 0.172 e. The predicted octanol–water partition coefficient (Wildman–Crippen LogP) is 2.60. The van der Waals surface area contributed by atoms with Gasteiger partial charge in [0.05, 0.1) is 0 Å². The molecule has 0 heterocycles. The van der Waals surface area contributed by atoms with Gasteiger partial charge in [0.2, 0.25) is 0 Å². The molecule has 0 rings (SSSR count). The first-order valence-corrected chi connectivity index (χ1v) is 6.85. The third-order valence-electron chi connectivity index (χ3n) is 1.07. The zero-order valence-electron chi connectivity index (χ0n) is 7.44.